The van der Waals surface area contributed by atoms with E-state index < -0.39 is 18.8 Å². The lowest BCUT2D eigenvalue weighted by Crippen LogP contribution is -2.16. The van der Waals surface area contributed by atoms with E-state index in [-0.39, 0.29) is 18.0 Å². The second-order valence-corrected chi connectivity index (χ2v) is 7.04. The van der Waals surface area contributed by atoms with E-state index in [1.165, 1.54) is 24.3 Å². The number of non-ortho nitro benzene ring substituents is 1. The number of halogens is 1. The van der Waals surface area contributed by atoms with Crippen LogP contribution in [-0.2, 0) is 13.6 Å². The average Bonchev–Trinajstić information content (AvgIpc) is 2.55. The Morgan fingerprint density at radius 3 is 2.46 bits per heavy atom. The Hall–Kier alpha value is -1.92. The van der Waals surface area contributed by atoms with Gasteiger partial charge >= 0.3 is 7.82 Å². The lowest BCUT2D eigenvalue weighted by atomic mass is 10.1. The molecule has 7 nitrogen and oxygen atoms in total. The standard InChI is InChI=1S/C15H13ClNO6P/c16-12-3-1-11(2-4-12)15-9-10-21-24(20,23-15)22-14-7-5-13(6-8-14)17(18)19/h1-8,15H,9-10H2/t15-,24-/m0/s1. The quantitative estimate of drug-likeness (QED) is 0.432. The van der Waals surface area contributed by atoms with Gasteiger partial charge in [-0.2, -0.15) is 0 Å². The van der Waals surface area contributed by atoms with Gasteiger partial charge in [0.1, 0.15) is 5.75 Å². The number of phosphoric ester groups is 1. The molecule has 1 fully saturated rings. The number of nitro groups is 1. The number of hydrogen-bond donors (Lipinski definition) is 0. The summed E-state index contributed by atoms with van der Waals surface area (Å²) in [6.45, 7) is 0.206. The molecule has 2 atom stereocenters. The van der Waals surface area contributed by atoms with Crippen LogP contribution in [0.25, 0.3) is 0 Å². The van der Waals surface area contributed by atoms with Crippen molar-refractivity contribution in [1.82, 2.24) is 0 Å². The molecule has 9 heteroatoms. The summed E-state index contributed by atoms with van der Waals surface area (Å²) in [6, 6.07) is 12.2. The molecule has 1 saturated heterocycles. The highest BCUT2D eigenvalue weighted by Gasteiger charge is 2.37. The highest BCUT2D eigenvalue weighted by Crippen LogP contribution is 2.56. The predicted molar refractivity (Wildman–Crippen MR) is 87.2 cm³/mol. The van der Waals surface area contributed by atoms with Gasteiger partial charge in [-0.25, -0.2) is 4.57 Å². The lowest BCUT2D eigenvalue weighted by molar-refractivity contribution is -0.384. The van der Waals surface area contributed by atoms with Crippen LogP contribution < -0.4 is 4.52 Å². The van der Waals surface area contributed by atoms with Crippen molar-refractivity contribution in [1.29, 1.82) is 0 Å². The van der Waals surface area contributed by atoms with Gasteiger partial charge in [-0.05, 0) is 29.8 Å². The van der Waals surface area contributed by atoms with Crippen LogP contribution in [0, 0.1) is 10.1 Å². The third-order valence-electron chi connectivity index (χ3n) is 3.39. The van der Waals surface area contributed by atoms with Gasteiger partial charge in [0.05, 0.1) is 17.6 Å². The minimum absolute atomic E-state index is 0.0925. The molecule has 2 aromatic rings. The Labute approximate surface area is 142 Å². The van der Waals surface area contributed by atoms with Gasteiger partial charge in [-0.15, -0.1) is 0 Å². The molecule has 0 bridgehead atoms. The fourth-order valence-corrected chi connectivity index (χ4v) is 3.75. The molecule has 0 N–H and O–H groups in total. The van der Waals surface area contributed by atoms with Crippen molar-refractivity contribution in [3.05, 3.63) is 69.2 Å². The molecule has 1 aliphatic heterocycles. The van der Waals surface area contributed by atoms with Crippen LogP contribution >= 0.6 is 19.4 Å². The smallest absolute Gasteiger partial charge is 0.404 e. The first-order valence-electron chi connectivity index (χ1n) is 7.08. The molecule has 3 rings (SSSR count). The topological polar surface area (TPSA) is 87.9 Å². The number of phosphoric acid groups is 1. The molecule has 1 aliphatic rings. The first-order chi connectivity index (χ1) is 11.5. The summed E-state index contributed by atoms with van der Waals surface area (Å²) in [4.78, 5) is 10.1. The van der Waals surface area contributed by atoms with E-state index in [2.05, 4.69) is 0 Å². The predicted octanol–water partition coefficient (Wildman–Crippen LogP) is 4.91. The normalized spacial score (nSPS) is 23.6. The van der Waals surface area contributed by atoms with E-state index in [1.54, 1.807) is 24.3 Å². The largest absolute Gasteiger partial charge is 0.530 e. The van der Waals surface area contributed by atoms with Crippen molar-refractivity contribution in [2.75, 3.05) is 6.61 Å². The third kappa shape index (κ3) is 3.94. The SMILES string of the molecule is O=[N+]([O-])c1ccc(O[P@]2(=O)OCC[C@@H](c3ccc(Cl)cc3)O2)cc1. The van der Waals surface area contributed by atoms with Crippen molar-refractivity contribution in [3.8, 4) is 5.75 Å². The number of nitro benzene ring substituents is 1. The summed E-state index contributed by atoms with van der Waals surface area (Å²) in [5, 5.41) is 11.2. The van der Waals surface area contributed by atoms with Gasteiger partial charge in [-0.3, -0.25) is 19.2 Å². The van der Waals surface area contributed by atoms with E-state index in [9.17, 15) is 14.7 Å². The maximum absolute atomic E-state index is 12.6. The van der Waals surface area contributed by atoms with Crippen molar-refractivity contribution >= 4 is 25.1 Å². The fourth-order valence-electron chi connectivity index (χ4n) is 2.22. The summed E-state index contributed by atoms with van der Waals surface area (Å²) in [5.74, 6) is 0.167. The van der Waals surface area contributed by atoms with Crippen molar-refractivity contribution < 1.29 is 23.1 Å². The summed E-state index contributed by atoms with van der Waals surface area (Å²) >= 11 is 5.86. The zero-order chi connectivity index (χ0) is 17.2. The third-order valence-corrected chi connectivity index (χ3v) is 5.09. The van der Waals surface area contributed by atoms with Gasteiger partial charge in [0.25, 0.3) is 5.69 Å². The Kier molecular flexibility index (Phi) is 4.87. The Bertz CT molecular complexity index is 780. The Morgan fingerprint density at radius 1 is 1.17 bits per heavy atom. The molecular formula is C15H13ClNO6P. The fraction of sp³-hybridized carbons (Fsp3) is 0.200. The molecule has 1 heterocycles. The van der Waals surface area contributed by atoms with E-state index in [4.69, 9.17) is 25.2 Å². The van der Waals surface area contributed by atoms with Crippen LogP contribution in [-0.4, -0.2) is 11.5 Å². The number of rotatable bonds is 4. The summed E-state index contributed by atoms with van der Waals surface area (Å²) in [7, 11) is -3.81. The highest BCUT2D eigenvalue weighted by molar-refractivity contribution is 7.49. The van der Waals surface area contributed by atoms with Gasteiger partial charge in [-0.1, -0.05) is 23.7 Å². The molecule has 0 unspecified atom stereocenters. The van der Waals surface area contributed by atoms with E-state index in [0.717, 1.165) is 5.56 Å². The van der Waals surface area contributed by atoms with E-state index >= 15 is 0 Å². The van der Waals surface area contributed by atoms with Crippen molar-refractivity contribution in [2.45, 2.75) is 12.5 Å². The maximum atomic E-state index is 12.6. The maximum Gasteiger partial charge on any atom is 0.530 e. The molecule has 2 aromatic carbocycles. The van der Waals surface area contributed by atoms with E-state index in [1.807, 2.05) is 0 Å². The monoisotopic (exact) mass is 369 g/mol. The van der Waals surface area contributed by atoms with Crippen LogP contribution in [0.2, 0.25) is 5.02 Å². The molecule has 0 spiro atoms. The summed E-state index contributed by atoms with van der Waals surface area (Å²) in [5.41, 5.74) is 0.723. The van der Waals surface area contributed by atoms with Gasteiger partial charge in [0.2, 0.25) is 0 Å². The lowest BCUT2D eigenvalue weighted by Gasteiger charge is -2.29. The second kappa shape index (κ2) is 6.91. The number of benzene rings is 2. The molecule has 0 saturated carbocycles. The summed E-state index contributed by atoms with van der Waals surface area (Å²) in [6.07, 6.45) is 0.0785. The number of hydrogen-bond acceptors (Lipinski definition) is 6. The average molecular weight is 370 g/mol. The first kappa shape index (κ1) is 16.9. The zero-order valence-electron chi connectivity index (χ0n) is 12.3. The van der Waals surface area contributed by atoms with Crippen LogP contribution in [0.3, 0.4) is 0 Å². The van der Waals surface area contributed by atoms with Crippen LogP contribution in [0.1, 0.15) is 18.1 Å². The zero-order valence-corrected chi connectivity index (χ0v) is 14.0. The first-order valence-corrected chi connectivity index (χ1v) is 8.91. The van der Waals surface area contributed by atoms with E-state index in [0.29, 0.717) is 11.4 Å². The highest BCUT2D eigenvalue weighted by atomic mass is 35.5. The molecule has 0 aliphatic carbocycles. The number of nitrogens with zero attached hydrogens (tertiary/aromatic N) is 1. The molecule has 126 valence electrons. The Morgan fingerprint density at radius 2 is 1.83 bits per heavy atom. The van der Waals surface area contributed by atoms with Crippen LogP contribution in [0.5, 0.6) is 5.75 Å². The van der Waals surface area contributed by atoms with Crippen LogP contribution in [0.4, 0.5) is 5.69 Å². The molecule has 0 aromatic heterocycles. The Balaban J connectivity index is 1.73. The molecule has 0 radical (unpaired) electrons. The molecular weight excluding hydrogens is 357 g/mol. The summed E-state index contributed by atoms with van der Waals surface area (Å²) < 4.78 is 28.7. The molecule has 24 heavy (non-hydrogen) atoms. The minimum atomic E-state index is -3.81. The molecule has 0 amide bonds. The van der Waals surface area contributed by atoms with Crippen LogP contribution in [0.15, 0.2) is 48.5 Å². The van der Waals surface area contributed by atoms with Gasteiger partial charge < -0.3 is 4.52 Å². The second-order valence-electron chi connectivity index (χ2n) is 5.06. The van der Waals surface area contributed by atoms with Crippen molar-refractivity contribution in [2.24, 2.45) is 0 Å². The van der Waals surface area contributed by atoms with Crippen molar-refractivity contribution in [3.63, 3.8) is 0 Å². The van der Waals surface area contributed by atoms with Gasteiger partial charge in [0, 0.05) is 23.6 Å². The van der Waals surface area contributed by atoms with Gasteiger partial charge in [0.15, 0.2) is 0 Å². The minimum Gasteiger partial charge on any atom is -0.404 e.